The smallest absolute Gasteiger partial charge is 0.283 e. The van der Waals surface area contributed by atoms with E-state index >= 15 is 0 Å². The number of rotatable bonds is 4. The summed E-state index contributed by atoms with van der Waals surface area (Å²) in [5, 5.41) is 29.4. The van der Waals surface area contributed by atoms with Gasteiger partial charge in [-0.1, -0.05) is 0 Å². The van der Waals surface area contributed by atoms with Gasteiger partial charge in [-0.25, -0.2) is 4.39 Å². The molecule has 0 atom stereocenters. The Morgan fingerprint density at radius 2 is 1.39 bits per heavy atom. The van der Waals surface area contributed by atoms with Gasteiger partial charge < -0.3 is 9.84 Å². The molecule has 0 saturated heterocycles. The van der Waals surface area contributed by atoms with Crippen molar-refractivity contribution in [1.82, 2.24) is 0 Å². The molecule has 8 nitrogen and oxygen atoms in total. The maximum Gasteiger partial charge on any atom is 0.283 e. The molecule has 0 heterocycles. The van der Waals surface area contributed by atoms with Crippen LogP contribution >= 0.6 is 31.9 Å². The fourth-order valence-corrected chi connectivity index (χ4v) is 3.07. The van der Waals surface area contributed by atoms with Crippen molar-refractivity contribution >= 4 is 43.2 Å². The Labute approximate surface area is 195 Å². The SMILES string of the molecule is CC1(O)CC1.CC1(Oc2ccc([N+](=O)[O-])c(Br)c2)CC1.O=[N+]([O-])c1ccc(F)cc1Br. The van der Waals surface area contributed by atoms with Crippen molar-refractivity contribution < 1.29 is 24.1 Å². The molecule has 2 fully saturated rings. The minimum absolute atomic E-state index is 0.0586. The number of halogens is 3. The minimum Gasteiger partial charge on any atom is -0.488 e. The zero-order valence-electron chi connectivity index (χ0n) is 16.8. The van der Waals surface area contributed by atoms with E-state index in [-0.39, 0.29) is 27.0 Å². The molecular formula is C20H21Br2FN2O6. The van der Waals surface area contributed by atoms with Crippen LogP contribution in [0.5, 0.6) is 5.75 Å². The summed E-state index contributed by atoms with van der Waals surface area (Å²) < 4.78 is 18.6. The molecule has 0 unspecified atom stereocenters. The molecule has 168 valence electrons. The van der Waals surface area contributed by atoms with Crippen molar-refractivity contribution in [2.75, 3.05) is 0 Å². The van der Waals surface area contributed by atoms with E-state index in [9.17, 15) is 24.6 Å². The molecule has 2 saturated carbocycles. The molecule has 2 aromatic rings. The topological polar surface area (TPSA) is 116 Å². The molecule has 31 heavy (non-hydrogen) atoms. The second-order valence-electron chi connectivity index (χ2n) is 7.77. The average Bonchev–Trinajstić information content (AvgIpc) is 3.55. The van der Waals surface area contributed by atoms with Crippen LogP contribution in [0.2, 0.25) is 0 Å². The van der Waals surface area contributed by atoms with Gasteiger partial charge in [0.15, 0.2) is 0 Å². The molecule has 0 radical (unpaired) electrons. The van der Waals surface area contributed by atoms with Gasteiger partial charge in [0, 0.05) is 18.2 Å². The lowest BCUT2D eigenvalue weighted by molar-refractivity contribution is -0.385. The summed E-state index contributed by atoms with van der Waals surface area (Å²) in [6, 6.07) is 7.93. The number of benzene rings is 2. The van der Waals surface area contributed by atoms with Gasteiger partial charge >= 0.3 is 0 Å². The summed E-state index contributed by atoms with van der Waals surface area (Å²) in [5.74, 6) is 0.176. The third-order valence-electron chi connectivity index (χ3n) is 4.51. The van der Waals surface area contributed by atoms with E-state index in [4.69, 9.17) is 9.84 Å². The van der Waals surface area contributed by atoms with Crippen LogP contribution in [0.3, 0.4) is 0 Å². The third-order valence-corrected chi connectivity index (χ3v) is 5.78. The molecule has 2 aliphatic rings. The predicted molar refractivity (Wildman–Crippen MR) is 120 cm³/mol. The second-order valence-corrected chi connectivity index (χ2v) is 9.48. The first kappa shape index (κ1) is 25.2. The Hall–Kier alpha value is -2.11. The number of hydrogen-bond acceptors (Lipinski definition) is 6. The lowest BCUT2D eigenvalue weighted by atomic mass is 10.3. The molecule has 0 aliphatic heterocycles. The number of nitrogens with zero attached hydrogens (tertiary/aromatic N) is 2. The number of nitro benzene ring substituents is 2. The van der Waals surface area contributed by atoms with Gasteiger partial charge in [-0.2, -0.15) is 0 Å². The summed E-state index contributed by atoms with van der Waals surface area (Å²) in [6.07, 6.45) is 4.10. The summed E-state index contributed by atoms with van der Waals surface area (Å²) >= 11 is 6.02. The van der Waals surface area contributed by atoms with Crippen molar-refractivity contribution in [2.45, 2.75) is 50.7 Å². The molecule has 0 aromatic heterocycles. The highest BCUT2D eigenvalue weighted by molar-refractivity contribution is 9.11. The van der Waals surface area contributed by atoms with Gasteiger partial charge in [0.05, 0.1) is 24.4 Å². The standard InChI is InChI=1S/C10H10BrNO3.C6H3BrFNO2.C4H8O/c1-10(4-5-10)15-7-2-3-9(12(13)14)8(11)6-7;7-5-3-4(8)1-2-6(5)9(10)11;1-4(5)2-3-4/h2-3,6H,4-5H2,1H3;1-3H;5H,2-3H2,1H3. The zero-order chi connectivity index (χ0) is 23.4. The Balaban J connectivity index is 0.000000186. The zero-order valence-corrected chi connectivity index (χ0v) is 20.0. The molecule has 0 bridgehead atoms. The normalized spacial score (nSPS) is 16.6. The molecule has 0 spiro atoms. The van der Waals surface area contributed by atoms with Gasteiger partial charge in [0.25, 0.3) is 11.4 Å². The number of hydrogen-bond donors (Lipinski definition) is 1. The van der Waals surface area contributed by atoms with E-state index in [0.717, 1.165) is 43.9 Å². The third kappa shape index (κ3) is 8.50. The van der Waals surface area contributed by atoms with E-state index in [1.807, 2.05) is 13.8 Å². The largest absolute Gasteiger partial charge is 0.488 e. The molecule has 2 aromatic carbocycles. The van der Waals surface area contributed by atoms with Crippen molar-refractivity contribution in [3.8, 4) is 5.75 Å². The van der Waals surface area contributed by atoms with Crippen molar-refractivity contribution in [3.05, 3.63) is 71.4 Å². The highest BCUT2D eigenvalue weighted by Crippen LogP contribution is 2.41. The Morgan fingerprint density at radius 1 is 0.935 bits per heavy atom. The van der Waals surface area contributed by atoms with Crippen LogP contribution < -0.4 is 4.74 Å². The maximum atomic E-state index is 12.4. The fourth-order valence-electron chi connectivity index (χ4n) is 2.07. The fraction of sp³-hybridized carbons (Fsp3) is 0.400. The predicted octanol–water partition coefficient (Wildman–Crippen LogP) is 6.32. The van der Waals surface area contributed by atoms with E-state index in [2.05, 4.69) is 31.9 Å². The lowest BCUT2D eigenvalue weighted by Gasteiger charge is -2.12. The molecule has 0 amide bonds. The summed E-state index contributed by atoms with van der Waals surface area (Å²) in [5.41, 5.74) is -0.384. The molecular weight excluding hydrogens is 543 g/mol. The first-order valence-corrected chi connectivity index (χ1v) is 10.9. The van der Waals surface area contributed by atoms with Gasteiger partial charge in [-0.15, -0.1) is 0 Å². The minimum atomic E-state index is -0.580. The number of nitro groups is 2. The van der Waals surface area contributed by atoms with E-state index in [1.54, 1.807) is 12.1 Å². The summed E-state index contributed by atoms with van der Waals surface area (Å²) in [6.45, 7) is 3.88. The first-order valence-electron chi connectivity index (χ1n) is 9.27. The van der Waals surface area contributed by atoms with Gasteiger partial charge in [-0.3, -0.25) is 20.2 Å². The number of ether oxygens (including phenoxy) is 1. The van der Waals surface area contributed by atoms with Crippen LogP contribution in [0.25, 0.3) is 0 Å². The van der Waals surface area contributed by atoms with Crippen molar-refractivity contribution in [2.24, 2.45) is 0 Å². The van der Waals surface area contributed by atoms with Gasteiger partial charge in [0.2, 0.25) is 0 Å². The molecule has 11 heteroatoms. The Bertz CT molecular complexity index is 976. The number of aliphatic hydroxyl groups is 1. The maximum absolute atomic E-state index is 12.4. The van der Waals surface area contributed by atoms with Crippen LogP contribution in [0.4, 0.5) is 15.8 Å². The quantitative estimate of drug-likeness (QED) is 0.344. The monoisotopic (exact) mass is 562 g/mol. The average molecular weight is 564 g/mol. The first-order chi connectivity index (χ1) is 14.3. The van der Waals surface area contributed by atoms with E-state index in [1.165, 1.54) is 6.07 Å². The van der Waals surface area contributed by atoms with Crippen LogP contribution in [-0.4, -0.2) is 26.2 Å². The summed E-state index contributed by atoms with van der Waals surface area (Å²) in [7, 11) is 0. The van der Waals surface area contributed by atoms with Crippen molar-refractivity contribution in [1.29, 1.82) is 0 Å². The van der Waals surface area contributed by atoms with Gasteiger partial charge in [0.1, 0.15) is 17.2 Å². The van der Waals surface area contributed by atoms with Crippen LogP contribution in [0.1, 0.15) is 39.5 Å². The highest BCUT2D eigenvalue weighted by atomic mass is 79.9. The second kappa shape index (κ2) is 10.0. The van der Waals surface area contributed by atoms with Crippen LogP contribution in [0, 0.1) is 26.0 Å². The highest BCUT2D eigenvalue weighted by Gasteiger charge is 2.40. The molecule has 4 rings (SSSR count). The Morgan fingerprint density at radius 3 is 1.74 bits per heavy atom. The van der Waals surface area contributed by atoms with Crippen LogP contribution in [-0.2, 0) is 0 Å². The van der Waals surface area contributed by atoms with Crippen LogP contribution in [0.15, 0.2) is 45.3 Å². The van der Waals surface area contributed by atoms with Crippen molar-refractivity contribution in [3.63, 3.8) is 0 Å². The Kier molecular flexibility index (Phi) is 8.12. The molecule has 1 N–H and O–H groups in total. The van der Waals surface area contributed by atoms with Gasteiger partial charge in [-0.05, 0) is 89.6 Å². The van der Waals surface area contributed by atoms with E-state index in [0.29, 0.717) is 10.2 Å². The summed E-state index contributed by atoms with van der Waals surface area (Å²) in [4.78, 5) is 19.7. The van der Waals surface area contributed by atoms with E-state index < -0.39 is 15.7 Å². The molecule has 2 aliphatic carbocycles. The lowest BCUT2D eigenvalue weighted by Crippen LogP contribution is -2.11.